The Balaban J connectivity index is 1.44. The van der Waals surface area contributed by atoms with Gasteiger partial charge in [0.15, 0.2) is 0 Å². The fraction of sp³-hybridized carbons (Fsp3) is 1.00. The molecule has 0 aromatic rings. The smallest absolute Gasteiger partial charge is 0.0609 e. The predicted octanol–water partition coefficient (Wildman–Crippen LogP) is 3.60. The van der Waals surface area contributed by atoms with Crippen LogP contribution < -0.4 is 0 Å². The van der Waals surface area contributed by atoms with Crippen molar-refractivity contribution in [2.75, 3.05) is 13.2 Å². The molecule has 14 atom stereocenters. The van der Waals surface area contributed by atoms with Crippen molar-refractivity contribution < 1.29 is 12.2 Å². The Bertz CT molecular complexity index is 740. The van der Waals surface area contributed by atoms with Crippen LogP contribution in [0, 0.1) is 70.0 Å². The third-order valence-corrected chi connectivity index (χ3v) is 11.2. The third-order valence-electron chi connectivity index (χ3n) is 11.2. The van der Waals surface area contributed by atoms with Crippen molar-refractivity contribution in [3.8, 4) is 0 Å². The van der Waals surface area contributed by atoms with E-state index in [-0.39, 0.29) is 11.5 Å². The van der Waals surface area contributed by atoms with Gasteiger partial charge >= 0.3 is 0 Å². The SMILES string of the molecule is [2H]C1([2H])OC2CCC3C2C2C4C5C6C7C(CCC7C5[C@@]21C)OC[C@@]6(C)C34. The molecule has 0 radical (unpaired) electrons. The maximum atomic E-state index is 9.07. The molecule has 8 fully saturated rings. The third kappa shape index (κ3) is 1.00. The molecule has 24 heavy (non-hydrogen) atoms. The molecule has 12 unspecified atom stereocenters. The number of hydrogen-bond acceptors (Lipinski definition) is 2. The van der Waals surface area contributed by atoms with Gasteiger partial charge in [-0.05, 0) is 95.7 Å². The lowest BCUT2D eigenvalue weighted by atomic mass is 9.62. The molecular weight excluding hydrogens is 296 g/mol. The molecule has 6 saturated carbocycles. The van der Waals surface area contributed by atoms with Crippen LogP contribution in [-0.2, 0) is 9.47 Å². The maximum absolute atomic E-state index is 9.07. The van der Waals surface area contributed by atoms with Crippen LogP contribution in [0.2, 0.25) is 0 Å². The average Bonchev–Trinajstić information content (AvgIpc) is 3.32. The molecule has 0 aromatic heterocycles. The van der Waals surface area contributed by atoms with E-state index in [9.17, 15) is 0 Å². The van der Waals surface area contributed by atoms with Crippen LogP contribution in [0.4, 0.5) is 0 Å². The predicted molar refractivity (Wildman–Crippen MR) is 89.1 cm³/mol. The summed E-state index contributed by atoms with van der Waals surface area (Å²) in [7, 11) is 0. The molecule has 0 amide bonds. The van der Waals surface area contributed by atoms with Crippen molar-refractivity contribution >= 4 is 0 Å². The molecule has 2 nitrogen and oxygen atoms in total. The van der Waals surface area contributed by atoms with Gasteiger partial charge in [0.1, 0.15) is 0 Å². The molecule has 2 heterocycles. The van der Waals surface area contributed by atoms with Crippen LogP contribution in [0.5, 0.6) is 0 Å². The molecule has 6 aliphatic carbocycles. The zero-order valence-electron chi connectivity index (χ0n) is 16.8. The summed E-state index contributed by atoms with van der Waals surface area (Å²) >= 11 is 0. The molecule has 0 bridgehead atoms. The average molecular weight is 328 g/mol. The fourth-order valence-corrected chi connectivity index (χ4v) is 11.4. The first-order valence-electron chi connectivity index (χ1n) is 11.7. The first-order valence-corrected chi connectivity index (χ1v) is 10.7. The molecule has 2 heteroatoms. The highest BCUT2D eigenvalue weighted by molar-refractivity contribution is 5.31. The van der Waals surface area contributed by atoms with Gasteiger partial charge in [-0.1, -0.05) is 13.8 Å². The topological polar surface area (TPSA) is 18.5 Å². The quantitative estimate of drug-likeness (QED) is 0.676. The van der Waals surface area contributed by atoms with Crippen molar-refractivity contribution in [2.24, 2.45) is 70.0 Å². The monoisotopic (exact) mass is 328 g/mol. The summed E-state index contributed by atoms with van der Waals surface area (Å²) in [6.45, 7) is 4.46. The van der Waals surface area contributed by atoms with E-state index >= 15 is 0 Å². The van der Waals surface area contributed by atoms with E-state index in [0.717, 1.165) is 48.5 Å². The Kier molecular flexibility index (Phi) is 1.70. The molecule has 2 saturated heterocycles. The molecular formula is C22H30O2. The highest BCUT2D eigenvalue weighted by atomic mass is 16.5. The lowest BCUT2D eigenvalue weighted by Gasteiger charge is -2.49. The highest BCUT2D eigenvalue weighted by Crippen LogP contribution is 2.86. The fourth-order valence-electron chi connectivity index (χ4n) is 11.4. The Morgan fingerprint density at radius 3 is 2.00 bits per heavy atom. The van der Waals surface area contributed by atoms with Gasteiger partial charge < -0.3 is 9.47 Å². The van der Waals surface area contributed by atoms with Crippen molar-refractivity contribution in [3.63, 3.8) is 0 Å². The van der Waals surface area contributed by atoms with E-state index in [0.29, 0.717) is 35.2 Å². The van der Waals surface area contributed by atoms with Gasteiger partial charge in [-0.25, -0.2) is 0 Å². The molecule has 0 spiro atoms. The van der Waals surface area contributed by atoms with Gasteiger partial charge in [-0.3, -0.25) is 0 Å². The summed E-state index contributed by atoms with van der Waals surface area (Å²) in [5, 5.41) is 0. The Hall–Kier alpha value is -0.0800. The number of hydrogen-bond donors (Lipinski definition) is 0. The van der Waals surface area contributed by atoms with E-state index < -0.39 is 6.56 Å². The molecule has 0 aromatic carbocycles. The number of ether oxygens (including phenoxy) is 2. The molecule has 8 aliphatic rings. The number of fused-ring (bicyclic) bond motifs is 4. The van der Waals surface area contributed by atoms with Crippen molar-refractivity contribution in [1.29, 1.82) is 0 Å². The summed E-state index contributed by atoms with van der Waals surface area (Å²) in [6.07, 6.45) is 5.54. The highest BCUT2D eigenvalue weighted by Gasteiger charge is 2.84. The van der Waals surface area contributed by atoms with Crippen molar-refractivity contribution in [3.05, 3.63) is 0 Å². The van der Waals surface area contributed by atoms with Crippen molar-refractivity contribution in [2.45, 2.75) is 51.7 Å². The second kappa shape index (κ2) is 3.52. The normalized spacial score (nSPS) is 81.6. The second-order valence-electron chi connectivity index (χ2n) is 11.3. The van der Waals surface area contributed by atoms with Crippen molar-refractivity contribution in [1.82, 2.24) is 0 Å². The molecule has 130 valence electrons. The van der Waals surface area contributed by atoms with Gasteiger partial charge in [-0.2, -0.15) is 0 Å². The van der Waals surface area contributed by atoms with Crippen LogP contribution in [0.3, 0.4) is 0 Å². The summed E-state index contributed by atoms with van der Waals surface area (Å²) in [5.74, 6) is 7.08. The maximum Gasteiger partial charge on any atom is 0.0609 e. The Morgan fingerprint density at radius 1 is 0.708 bits per heavy atom. The van der Waals surface area contributed by atoms with Crippen LogP contribution in [-0.4, -0.2) is 25.4 Å². The summed E-state index contributed by atoms with van der Waals surface area (Å²) < 4.78 is 31.1. The Labute approximate surface area is 147 Å². The minimum absolute atomic E-state index is 0.191. The Morgan fingerprint density at radius 2 is 1.29 bits per heavy atom. The molecule has 8 rings (SSSR count). The van der Waals surface area contributed by atoms with E-state index in [1.165, 1.54) is 19.3 Å². The van der Waals surface area contributed by atoms with Gasteiger partial charge in [-0.15, -0.1) is 0 Å². The summed E-state index contributed by atoms with van der Waals surface area (Å²) in [6, 6.07) is 0. The zero-order valence-corrected chi connectivity index (χ0v) is 14.8. The minimum Gasteiger partial charge on any atom is -0.377 e. The van der Waals surface area contributed by atoms with E-state index in [4.69, 9.17) is 12.2 Å². The minimum atomic E-state index is -1.44. The van der Waals surface area contributed by atoms with Gasteiger partial charge in [0.2, 0.25) is 0 Å². The van der Waals surface area contributed by atoms with Crippen LogP contribution in [0.1, 0.15) is 42.3 Å². The van der Waals surface area contributed by atoms with Crippen LogP contribution in [0.15, 0.2) is 0 Å². The van der Waals surface area contributed by atoms with Crippen LogP contribution in [0.25, 0.3) is 0 Å². The number of rotatable bonds is 0. The van der Waals surface area contributed by atoms with Crippen LogP contribution >= 0.6 is 0 Å². The molecule has 2 aliphatic heterocycles. The van der Waals surface area contributed by atoms with Gasteiger partial charge in [0.25, 0.3) is 0 Å². The van der Waals surface area contributed by atoms with Gasteiger partial charge in [0.05, 0.1) is 28.1 Å². The molecule has 0 N–H and O–H groups in total. The van der Waals surface area contributed by atoms with E-state index in [1.54, 1.807) is 0 Å². The van der Waals surface area contributed by atoms with E-state index in [1.807, 2.05) is 0 Å². The lowest BCUT2D eigenvalue weighted by molar-refractivity contribution is -0.143. The summed E-state index contributed by atoms with van der Waals surface area (Å²) in [5.41, 5.74) is 0.0951. The summed E-state index contributed by atoms with van der Waals surface area (Å²) in [4.78, 5) is 0. The zero-order chi connectivity index (χ0) is 17.4. The standard InChI is InChI=1S/C22H30O2/c1-21-7-23-11-6-4-10-13(11)19(21)16-15-17(21)9-3-5-12-14(9)20(15)22(2,8-24-12)18(10)16/h9-20H,3-8H2,1-2H3/t9?,10?,11?,12?,13?,14?,15?,16?,17?,18?,19?,20?,21-,22-/m0/s1/i7D2. The van der Waals surface area contributed by atoms with E-state index in [2.05, 4.69) is 13.8 Å². The first kappa shape index (κ1) is 11.6. The lowest BCUT2D eigenvalue weighted by Crippen LogP contribution is -2.50. The van der Waals surface area contributed by atoms with Gasteiger partial charge in [0, 0.05) is 0 Å². The second-order valence-corrected chi connectivity index (χ2v) is 11.3. The first-order chi connectivity index (χ1) is 12.4. The largest absolute Gasteiger partial charge is 0.377 e.